The molecule has 0 saturated heterocycles. The minimum Gasteiger partial charge on any atom is -0.392 e. The van der Waals surface area contributed by atoms with Crippen molar-refractivity contribution in [1.29, 1.82) is 0 Å². The molecule has 15 heavy (non-hydrogen) atoms. The summed E-state index contributed by atoms with van der Waals surface area (Å²) < 4.78 is 0. The Kier molecular flexibility index (Phi) is 5.62. The first-order valence-electron chi connectivity index (χ1n) is 6.53. The summed E-state index contributed by atoms with van der Waals surface area (Å²) in [6, 6.07) is 0.720. The fraction of sp³-hybridized carbons (Fsp3) is 1.00. The molecule has 1 aliphatic carbocycles. The van der Waals surface area contributed by atoms with Crippen molar-refractivity contribution >= 4 is 0 Å². The number of likely N-dealkylation sites (N-methyl/N-ethyl adjacent to an activating group) is 1. The molecule has 0 radical (unpaired) electrons. The second-order valence-corrected chi connectivity index (χ2v) is 5.18. The van der Waals surface area contributed by atoms with Crippen LogP contribution >= 0.6 is 0 Å². The van der Waals surface area contributed by atoms with Crippen molar-refractivity contribution in [2.45, 2.75) is 64.5 Å². The van der Waals surface area contributed by atoms with Crippen molar-refractivity contribution < 1.29 is 5.11 Å². The average Bonchev–Trinajstić information content (AvgIpc) is 2.29. The van der Waals surface area contributed by atoms with E-state index < -0.39 is 0 Å². The first-order valence-corrected chi connectivity index (χ1v) is 6.53. The highest BCUT2D eigenvalue weighted by atomic mass is 16.3. The van der Waals surface area contributed by atoms with Gasteiger partial charge in [-0.15, -0.1) is 0 Å². The van der Waals surface area contributed by atoms with E-state index in [0.717, 1.165) is 19.0 Å². The molecule has 0 aromatic carbocycles. The van der Waals surface area contributed by atoms with Crippen molar-refractivity contribution in [3.63, 3.8) is 0 Å². The lowest BCUT2D eigenvalue weighted by Gasteiger charge is -2.33. The van der Waals surface area contributed by atoms with Crippen LogP contribution in [-0.2, 0) is 0 Å². The zero-order valence-corrected chi connectivity index (χ0v) is 10.6. The van der Waals surface area contributed by atoms with Crippen LogP contribution < -0.4 is 0 Å². The number of hydrogen-bond donors (Lipinski definition) is 1. The Morgan fingerprint density at radius 3 is 2.40 bits per heavy atom. The summed E-state index contributed by atoms with van der Waals surface area (Å²) in [7, 11) is 2.17. The van der Waals surface area contributed by atoms with Crippen molar-refractivity contribution in [2.24, 2.45) is 5.92 Å². The van der Waals surface area contributed by atoms with Gasteiger partial charge in [0.15, 0.2) is 0 Å². The van der Waals surface area contributed by atoms with Crippen LogP contribution in [0.4, 0.5) is 0 Å². The molecule has 2 nitrogen and oxygen atoms in total. The molecule has 90 valence electrons. The summed E-state index contributed by atoms with van der Waals surface area (Å²) in [5.74, 6) is 0.427. The number of aliphatic hydroxyl groups excluding tert-OH is 1. The molecule has 1 N–H and O–H groups in total. The second-order valence-electron chi connectivity index (χ2n) is 5.18. The lowest BCUT2D eigenvalue weighted by atomic mass is 9.93. The summed E-state index contributed by atoms with van der Waals surface area (Å²) in [4.78, 5) is 2.37. The Bertz CT molecular complexity index is 166. The molecule has 0 spiro atoms. The van der Waals surface area contributed by atoms with Gasteiger partial charge < -0.3 is 10.0 Å². The maximum absolute atomic E-state index is 9.98. The normalized spacial score (nSPS) is 23.0. The maximum atomic E-state index is 9.98. The minimum absolute atomic E-state index is 0.151. The minimum atomic E-state index is -0.151. The van der Waals surface area contributed by atoms with Crippen molar-refractivity contribution in [1.82, 2.24) is 4.90 Å². The van der Waals surface area contributed by atoms with Gasteiger partial charge >= 0.3 is 0 Å². The van der Waals surface area contributed by atoms with Gasteiger partial charge in [-0.05, 0) is 25.8 Å². The van der Waals surface area contributed by atoms with E-state index in [2.05, 4.69) is 25.8 Å². The standard InChI is InChI=1S/C13H27NO/c1-4-11(2)13(15)10-14(3)12-8-6-5-7-9-12/h11-13,15H,4-10H2,1-3H3. The zero-order chi connectivity index (χ0) is 11.3. The Hall–Kier alpha value is -0.0800. The van der Waals surface area contributed by atoms with Gasteiger partial charge in [0.2, 0.25) is 0 Å². The van der Waals surface area contributed by atoms with Gasteiger partial charge in [0.25, 0.3) is 0 Å². The molecule has 1 rings (SSSR count). The molecule has 0 aliphatic heterocycles. The van der Waals surface area contributed by atoms with Crippen LogP contribution in [0.3, 0.4) is 0 Å². The molecule has 1 fully saturated rings. The molecule has 2 unspecified atom stereocenters. The zero-order valence-electron chi connectivity index (χ0n) is 10.6. The molecule has 1 aliphatic rings. The van der Waals surface area contributed by atoms with E-state index in [0.29, 0.717) is 5.92 Å². The number of rotatable bonds is 5. The molecule has 0 bridgehead atoms. The lowest BCUT2D eigenvalue weighted by molar-refractivity contribution is 0.0551. The summed E-state index contributed by atoms with van der Waals surface area (Å²) in [5.41, 5.74) is 0. The Morgan fingerprint density at radius 1 is 1.27 bits per heavy atom. The van der Waals surface area contributed by atoms with Crippen LogP contribution in [-0.4, -0.2) is 35.7 Å². The topological polar surface area (TPSA) is 23.5 Å². The lowest BCUT2D eigenvalue weighted by Crippen LogP contribution is -2.40. The molecule has 0 amide bonds. The predicted octanol–water partition coefficient (Wildman–Crippen LogP) is 2.66. The van der Waals surface area contributed by atoms with E-state index in [1.807, 2.05) is 0 Å². The fourth-order valence-electron chi connectivity index (χ4n) is 2.42. The molecule has 0 aromatic rings. The van der Waals surface area contributed by atoms with Crippen LogP contribution in [0.25, 0.3) is 0 Å². The molecular formula is C13H27NO. The summed E-state index contributed by atoms with van der Waals surface area (Å²) in [6.45, 7) is 5.13. The van der Waals surface area contributed by atoms with E-state index in [1.54, 1.807) is 0 Å². The van der Waals surface area contributed by atoms with Gasteiger partial charge in [-0.3, -0.25) is 0 Å². The average molecular weight is 213 g/mol. The van der Waals surface area contributed by atoms with Crippen molar-refractivity contribution in [3.05, 3.63) is 0 Å². The van der Waals surface area contributed by atoms with Crippen LogP contribution in [0.15, 0.2) is 0 Å². The third-order valence-corrected chi connectivity index (χ3v) is 3.97. The van der Waals surface area contributed by atoms with Crippen LogP contribution in [0.1, 0.15) is 52.4 Å². The van der Waals surface area contributed by atoms with Gasteiger partial charge in [0, 0.05) is 12.6 Å². The highest BCUT2D eigenvalue weighted by molar-refractivity contribution is 4.76. The van der Waals surface area contributed by atoms with Gasteiger partial charge in [0.05, 0.1) is 6.10 Å². The van der Waals surface area contributed by atoms with Gasteiger partial charge in [-0.2, -0.15) is 0 Å². The van der Waals surface area contributed by atoms with Crippen LogP contribution in [0, 0.1) is 5.92 Å². The van der Waals surface area contributed by atoms with Crippen molar-refractivity contribution in [3.8, 4) is 0 Å². The molecule has 2 heteroatoms. The third kappa shape index (κ3) is 4.12. The SMILES string of the molecule is CCC(C)C(O)CN(C)C1CCCCC1. The van der Waals surface area contributed by atoms with E-state index in [-0.39, 0.29) is 6.10 Å². The third-order valence-electron chi connectivity index (χ3n) is 3.97. The van der Waals surface area contributed by atoms with Crippen LogP contribution in [0.2, 0.25) is 0 Å². The molecular weight excluding hydrogens is 186 g/mol. The quantitative estimate of drug-likeness (QED) is 0.759. The smallest absolute Gasteiger partial charge is 0.0692 e. The Labute approximate surface area is 94.7 Å². The largest absolute Gasteiger partial charge is 0.392 e. The summed E-state index contributed by atoms with van der Waals surface area (Å²) in [6.07, 6.45) is 7.70. The van der Waals surface area contributed by atoms with Gasteiger partial charge in [-0.25, -0.2) is 0 Å². The predicted molar refractivity (Wildman–Crippen MR) is 65.0 cm³/mol. The number of aliphatic hydroxyl groups is 1. The first kappa shape index (κ1) is 13.0. The highest BCUT2D eigenvalue weighted by Gasteiger charge is 2.21. The van der Waals surface area contributed by atoms with E-state index in [4.69, 9.17) is 0 Å². The molecule has 0 aromatic heterocycles. The number of hydrogen-bond acceptors (Lipinski definition) is 2. The van der Waals surface area contributed by atoms with Gasteiger partial charge in [0.1, 0.15) is 0 Å². The molecule has 2 atom stereocenters. The highest BCUT2D eigenvalue weighted by Crippen LogP contribution is 2.22. The van der Waals surface area contributed by atoms with Crippen LogP contribution in [0.5, 0.6) is 0 Å². The second kappa shape index (κ2) is 6.49. The van der Waals surface area contributed by atoms with Crippen molar-refractivity contribution in [2.75, 3.05) is 13.6 Å². The van der Waals surface area contributed by atoms with Gasteiger partial charge in [-0.1, -0.05) is 39.5 Å². The molecule has 1 saturated carbocycles. The Balaban J connectivity index is 2.29. The monoisotopic (exact) mass is 213 g/mol. The fourth-order valence-corrected chi connectivity index (χ4v) is 2.42. The van der Waals surface area contributed by atoms with E-state index in [9.17, 15) is 5.11 Å². The maximum Gasteiger partial charge on any atom is 0.0692 e. The summed E-state index contributed by atoms with van der Waals surface area (Å²) in [5, 5.41) is 9.98. The molecule has 0 heterocycles. The van der Waals surface area contributed by atoms with E-state index in [1.165, 1.54) is 32.1 Å². The Morgan fingerprint density at radius 2 is 1.87 bits per heavy atom. The van der Waals surface area contributed by atoms with E-state index >= 15 is 0 Å². The number of nitrogens with zero attached hydrogens (tertiary/aromatic N) is 1. The summed E-state index contributed by atoms with van der Waals surface area (Å²) >= 11 is 0. The first-order chi connectivity index (χ1) is 7.15.